The first-order chi connectivity index (χ1) is 14.5. The van der Waals surface area contributed by atoms with Gasteiger partial charge in [-0.2, -0.15) is 5.26 Å². The number of hydrogen-bond donors (Lipinski definition) is 1. The average molecular weight is 421 g/mol. The summed E-state index contributed by atoms with van der Waals surface area (Å²) in [5, 5.41) is 9.79. The molecule has 0 bridgehead atoms. The number of H-pyrrole nitrogens is 1. The lowest BCUT2D eigenvalue weighted by atomic mass is 10.1. The summed E-state index contributed by atoms with van der Waals surface area (Å²) >= 11 is 1.26. The number of carbonyl (C=O) groups is 1. The normalized spacial score (nSPS) is 10.3. The van der Waals surface area contributed by atoms with Crippen molar-refractivity contribution in [2.75, 3.05) is 12.9 Å². The first-order valence-corrected chi connectivity index (χ1v) is 10.3. The summed E-state index contributed by atoms with van der Waals surface area (Å²) in [7, 11) is 0. The number of esters is 1. The molecule has 1 N–H and O–H groups in total. The predicted molar refractivity (Wildman–Crippen MR) is 114 cm³/mol. The van der Waals surface area contributed by atoms with Gasteiger partial charge >= 0.3 is 5.97 Å². The zero-order chi connectivity index (χ0) is 21.7. The van der Waals surface area contributed by atoms with Crippen LogP contribution in [0.25, 0.3) is 11.3 Å². The van der Waals surface area contributed by atoms with Crippen LogP contribution in [0.1, 0.15) is 28.4 Å². The Morgan fingerprint density at radius 1 is 1.23 bits per heavy atom. The van der Waals surface area contributed by atoms with Crippen molar-refractivity contribution in [3.63, 3.8) is 0 Å². The highest BCUT2D eigenvalue weighted by Gasteiger charge is 2.18. The molecular weight excluding hydrogens is 402 g/mol. The summed E-state index contributed by atoms with van der Waals surface area (Å²) in [6.07, 6.45) is 1.77. The van der Waals surface area contributed by atoms with Crippen LogP contribution in [0, 0.1) is 18.3 Å². The zero-order valence-corrected chi connectivity index (χ0v) is 17.5. The number of carbonyl (C=O) groups excluding carboxylic acids is 1. The first-order valence-electron chi connectivity index (χ1n) is 9.11. The van der Waals surface area contributed by atoms with E-state index in [9.17, 15) is 14.9 Å². The van der Waals surface area contributed by atoms with Crippen LogP contribution in [0.2, 0.25) is 0 Å². The van der Waals surface area contributed by atoms with Gasteiger partial charge < -0.3 is 14.5 Å². The molecule has 1 heterocycles. The van der Waals surface area contributed by atoms with Crippen molar-refractivity contribution in [3.8, 4) is 28.8 Å². The van der Waals surface area contributed by atoms with Crippen molar-refractivity contribution in [1.82, 2.24) is 9.97 Å². The Morgan fingerprint density at radius 3 is 2.70 bits per heavy atom. The molecule has 0 aliphatic heterocycles. The minimum atomic E-state index is -0.514. The Labute approximate surface area is 177 Å². The number of nitriles is 1. The number of benzene rings is 2. The molecule has 30 heavy (non-hydrogen) atoms. The summed E-state index contributed by atoms with van der Waals surface area (Å²) < 4.78 is 11.2. The molecule has 8 heteroatoms. The number of rotatable bonds is 6. The van der Waals surface area contributed by atoms with Gasteiger partial charge in [-0.15, -0.1) is 0 Å². The summed E-state index contributed by atoms with van der Waals surface area (Å²) in [5.74, 6) is 0.0392. The largest absolute Gasteiger partial charge is 0.490 e. The van der Waals surface area contributed by atoms with E-state index in [-0.39, 0.29) is 17.0 Å². The van der Waals surface area contributed by atoms with Gasteiger partial charge in [-0.1, -0.05) is 29.5 Å². The highest BCUT2D eigenvalue weighted by Crippen LogP contribution is 2.33. The smallest absolute Gasteiger partial charge is 0.343 e. The topological polar surface area (TPSA) is 105 Å². The fourth-order valence-corrected chi connectivity index (χ4v) is 3.18. The molecule has 0 spiro atoms. The van der Waals surface area contributed by atoms with Crippen molar-refractivity contribution in [3.05, 3.63) is 69.5 Å². The van der Waals surface area contributed by atoms with E-state index in [4.69, 9.17) is 9.47 Å². The highest BCUT2D eigenvalue weighted by molar-refractivity contribution is 7.98. The van der Waals surface area contributed by atoms with E-state index in [1.165, 1.54) is 11.8 Å². The van der Waals surface area contributed by atoms with Crippen LogP contribution in [0.15, 0.2) is 52.4 Å². The van der Waals surface area contributed by atoms with E-state index in [2.05, 4.69) is 9.97 Å². The van der Waals surface area contributed by atoms with Gasteiger partial charge in [0.05, 0.1) is 17.9 Å². The van der Waals surface area contributed by atoms with Gasteiger partial charge in [0, 0.05) is 5.56 Å². The molecule has 2 aromatic carbocycles. The number of aromatic nitrogens is 2. The predicted octanol–water partition coefficient (Wildman–Crippen LogP) is 3.96. The van der Waals surface area contributed by atoms with Crippen LogP contribution in [0.5, 0.6) is 11.5 Å². The fourth-order valence-electron chi connectivity index (χ4n) is 2.80. The van der Waals surface area contributed by atoms with Crippen molar-refractivity contribution >= 4 is 17.7 Å². The molecule has 0 amide bonds. The van der Waals surface area contributed by atoms with E-state index in [1.807, 2.05) is 19.1 Å². The summed E-state index contributed by atoms with van der Waals surface area (Å²) in [6, 6.07) is 13.8. The molecule has 1 aromatic heterocycles. The van der Waals surface area contributed by atoms with Crippen LogP contribution >= 0.6 is 11.8 Å². The number of aryl methyl sites for hydroxylation is 1. The minimum absolute atomic E-state index is 0.0975. The van der Waals surface area contributed by atoms with Gasteiger partial charge in [0.1, 0.15) is 11.6 Å². The highest BCUT2D eigenvalue weighted by atomic mass is 32.2. The lowest BCUT2D eigenvalue weighted by Crippen LogP contribution is -2.14. The maximum atomic E-state index is 12.5. The first kappa shape index (κ1) is 21.1. The average Bonchev–Trinajstić information content (AvgIpc) is 2.74. The molecule has 0 aliphatic rings. The van der Waals surface area contributed by atoms with Gasteiger partial charge in [0.25, 0.3) is 5.56 Å². The number of nitrogens with one attached hydrogen (secondary N) is 1. The van der Waals surface area contributed by atoms with E-state index in [1.54, 1.807) is 49.6 Å². The van der Waals surface area contributed by atoms with Crippen LogP contribution < -0.4 is 15.0 Å². The minimum Gasteiger partial charge on any atom is -0.490 e. The summed E-state index contributed by atoms with van der Waals surface area (Å²) in [5.41, 5.74) is 1.50. The molecule has 0 atom stereocenters. The van der Waals surface area contributed by atoms with Crippen LogP contribution in [0.3, 0.4) is 0 Å². The van der Waals surface area contributed by atoms with E-state index >= 15 is 0 Å². The number of hydrogen-bond acceptors (Lipinski definition) is 7. The van der Waals surface area contributed by atoms with Crippen molar-refractivity contribution in [1.29, 1.82) is 5.26 Å². The molecule has 0 radical (unpaired) electrons. The second kappa shape index (κ2) is 9.29. The lowest BCUT2D eigenvalue weighted by molar-refractivity contribution is 0.0728. The van der Waals surface area contributed by atoms with Gasteiger partial charge in [-0.25, -0.2) is 9.78 Å². The molecule has 0 aliphatic carbocycles. The Kier molecular flexibility index (Phi) is 6.54. The third-order valence-corrected chi connectivity index (χ3v) is 4.76. The van der Waals surface area contributed by atoms with Crippen molar-refractivity contribution in [2.24, 2.45) is 0 Å². The third-order valence-electron chi connectivity index (χ3n) is 4.18. The van der Waals surface area contributed by atoms with E-state index in [0.717, 1.165) is 5.56 Å². The van der Waals surface area contributed by atoms with Crippen LogP contribution in [-0.4, -0.2) is 28.8 Å². The quantitative estimate of drug-likeness (QED) is 0.278. The molecule has 0 fully saturated rings. The second-order valence-corrected chi connectivity index (χ2v) is 7.06. The maximum Gasteiger partial charge on any atom is 0.343 e. The van der Waals surface area contributed by atoms with Gasteiger partial charge in [0.15, 0.2) is 16.7 Å². The van der Waals surface area contributed by atoms with E-state index < -0.39 is 11.5 Å². The van der Waals surface area contributed by atoms with E-state index in [0.29, 0.717) is 28.6 Å². The summed E-state index contributed by atoms with van der Waals surface area (Å²) in [6.45, 7) is 4.03. The van der Waals surface area contributed by atoms with Crippen molar-refractivity contribution < 1.29 is 14.3 Å². The molecule has 0 unspecified atom stereocenters. The Morgan fingerprint density at radius 2 is 2.03 bits per heavy atom. The molecule has 152 valence electrons. The van der Waals surface area contributed by atoms with Crippen LogP contribution in [-0.2, 0) is 0 Å². The standard InChI is InChI=1S/C22H19N3O4S/c1-4-28-18-11-14(19-16(12-23)20(26)25-22(24-19)30-3)8-9-17(18)29-21(27)15-7-5-6-13(2)10-15/h5-11H,4H2,1-3H3,(H,24,25,26). The second-order valence-electron chi connectivity index (χ2n) is 6.26. The Bertz CT molecular complexity index is 1200. The monoisotopic (exact) mass is 421 g/mol. The molecule has 0 saturated carbocycles. The number of thioether (sulfide) groups is 1. The fraction of sp³-hybridized carbons (Fsp3) is 0.182. The van der Waals surface area contributed by atoms with Gasteiger partial charge in [-0.05, 0) is 50.4 Å². The Hall–Kier alpha value is -3.57. The lowest BCUT2D eigenvalue weighted by Gasteiger charge is -2.13. The van der Waals surface area contributed by atoms with Crippen molar-refractivity contribution in [2.45, 2.75) is 19.0 Å². The zero-order valence-electron chi connectivity index (χ0n) is 16.7. The third kappa shape index (κ3) is 4.53. The number of aromatic amines is 1. The SMILES string of the molecule is CCOc1cc(-c2nc(SC)[nH]c(=O)c2C#N)ccc1OC(=O)c1cccc(C)c1. The Balaban J connectivity index is 2.03. The molecular formula is C22H19N3O4S. The van der Waals surface area contributed by atoms with Crippen LogP contribution in [0.4, 0.5) is 0 Å². The van der Waals surface area contributed by atoms with Gasteiger partial charge in [-0.3, -0.25) is 4.79 Å². The number of nitrogens with zero attached hydrogens (tertiary/aromatic N) is 2. The molecule has 3 rings (SSSR count). The molecule has 0 saturated heterocycles. The maximum absolute atomic E-state index is 12.5. The number of ether oxygens (including phenoxy) is 2. The summed E-state index contributed by atoms with van der Waals surface area (Å²) in [4.78, 5) is 31.6. The molecule has 7 nitrogen and oxygen atoms in total. The van der Waals surface area contributed by atoms with Gasteiger partial charge in [0.2, 0.25) is 0 Å². The molecule has 3 aromatic rings.